The number of methoxy groups -OCH3 is 1. The molecule has 0 amide bonds. The standard InChI is InChI=1S/C19H18FN5O3/c1-11-16-15(17-22-18(28-23-17)19(27-2)7-3-4-8-19)21-10-24(16)13-6-5-12(20)9-14(13)25(11)26/h5-6,9-10H,3-4,7-8H2,1-2H3. The second-order valence-corrected chi connectivity index (χ2v) is 7.15. The second kappa shape index (κ2) is 5.96. The molecular weight excluding hydrogens is 365 g/mol. The highest BCUT2D eigenvalue weighted by Gasteiger charge is 2.41. The van der Waals surface area contributed by atoms with E-state index in [1.165, 1.54) is 12.1 Å². The molecule has 144 valence electrons. The molecule has 3 heterocycles. The van der Waals surface area contributed by atoms with Gasteiger partial charge in [0.25, 0.3) is 5.89 Å². The molecule has 9 heteroatoms. The van der Waals surface area contributed by atoms with E-state index < -0.39 is 11.4 Å². The van der Waals surface area contributed by atoms with E-state index in [2.05, 4.69) is 15.1 Å². The molecule has 1 fully saturated rings. The molecule has 4 aromatic rings. The number of hydrogen-bond donors (Lipinski definition) is 0. The van der Waals surface area contributed by atoms with Gasteiger partial charge in [0.05, 0.1) is 0 Å². The lowest BCUT2D eigenvalue weighted by Crippen LogP contribution is -2.32. The summed E-state index contributed by atoms with van der Waals surface area (Å²) in [6.07, 6.45) is 5.30. The first-order chi connectivity index (χ1) is 13.5. The summed E-state index contributed by atoms with van der Waals surface area (Å²) in [5.41, 5.74) is 1.58. The van der Waals surface area contributed by atoms with Crippen LogP contribution in [0.25, 0.3) is 28.1 Å². The van der Waals surface area contributed by atoms with Crippen molar-refractivity contribution in [2.45, 2.75) is 38.2 Å². The van der Waals surface area contributed by atoms with Crippen molar-refractivity contribution >= 4 is 16.6 Å². The van der Waals surface area contributed by atoms with Gasteiger partial charge in [0, 0.05) is 20.1 Å². The van der Waals surface area contributed by atoms with Crippen LogP contribution in [0.15, 0.2) is 29.0 Å². The van der Waals surface area contributed by atoms with Gasteiger partial charge in [0.2, 0.25) is 17.0 Å². The number of aryl methyl sites for hydroxylation is 1. The summed E-state index contributed by atoms with van der Waals surface area (Å²) >= 11 is 0. The Morgan fingerprint density at radius 1 is 1.32 bits per heavy atom. The number of rotatable bonds is 3. The molecule has 0 saturated heterocycles. The van der Waals surface area contributed by atoms with Crippen LogP contribution in [0.1, 0.15) is 37.3 Å². The Morgan fingerprint density at radius 3 is 2.86 bits per heavy atom. The van der Waals surface area contributed by atoms with Crippen LogP contribution in [0.2, 0.25) is 0 Å². The number of benzene rings is 1. The topological polar surface area (TPSA) is 92.4 Å². The van der Waals surface area contributed by atoms with Gasteiger partial charge in [-0.1, -0.05) is 5.16 Å². The maximum Gasteiger partial charge on any atom is 0.259 e. The van der Waals surface area contributed by atoms with Crippen LogP contribution in [0.3, 0.4) is 0 Å². The Labute approximate surface area is 159 Å². The first kappa shape index (κ1) is 17.1. The molecule has 1 aliphatic carbocycles. The SMILES string of the molecule is COC1(c2nc(-c3ncn4c3c(C)[n+]([O-])c3cc(F)ccc34)no2)CCCC1. The van der Waals surface area contributed by atoms with E-state index in [-0.39, 0.29) is 5.52 Å². The lowest BCUT2D eigenvalue weighted by atomic mass is 10.0. The molecule has 1 aliphatic rings. The molecule has 3 aromatic heterocycles. The first-order valence-electron chi connectivity index (χ1n) is 9.12. The highest BCUT2D eigenvalue weighted by molar-refractivity contribution is 5.82. The van der Waals surface area contributed by atoms with Crippen molar-refractivity contribution in [1.29, 1.82) is 0 Å². The number of aromatic nitrogens is 5. The Kier molecular flexibility index (Phi) is 3.63. The van der Waals surface area contributed by atoms with Crippen molar-refractivity contribution in [3.05, 3.63) is 47.1 Å². The van der Waals surface area contributed by atoms with Crippen molar-refractivity contribution in [1.82, 2.24) is 19.5 Å². The fraction of sp³-hybridized carbons (Fsp3) is 0.368. The van der Waals surface area contributed by atoms with Gasteiger partial charge in [-0.3, -0.25) is 4.40 Å². The van der Waals surface area contributed by atoms with E-state index in [9.17, 15) is 9.60 Å². The quantitative estimate of drug-likeness (QED) is 0.399. The minimum Gasteiger partial charge on any atom is -0.618 e. The Hall–Kier alpha value is -3.07. The van der Waals surface area contributed by atoms with Crippen LogP contribution in [-0.4, -0.2) is 26.6 Å². The molecule has 0 bridgehead atoms. The number of fused-ring (bicyclic) bond motifs is 3. The van der Waals surface area contributed by atoms with E-state index in [1.807, 2.05) is 0 Å². The number of ether oxygens (including phenoxy) is 1. The van der Waals surface area contributed by atoms with E-state index in [0.29, 0.717) is 38.9 Å². The molecule has 0 spiro atoms. The predicted molar refractivity (Wildman–Crippen MR) is 96.8 cm³/mol. The summed E-state index contributed by atoms with van der Waals surface area (Å²) < 4.78 is 27.3. The summed E-state index contributed by atoms with van der Waals surface area (Å²) in [6, 6.07) is 4.08. The summed E-state index contributed by atoms with van der Waals surface area (Å²) in [5.74, 6) is 0.255. The average Bonchev–Trinajstić information content (AvgIpc) is 3.44. The fourth-order valence-electron chi connectivity index (χ4n) is 4.14. The van der Waals surface area contributed by atoms with Crippen molar-refractivity contribution in [2.75, 3.05) is 7.11 Å². The van der Waals surface area contributed by atoms with E-state index in [0.717, 1.165) is 25.7 Å². The monoisotopic (exact) mass is 383 g/mol. The first-order valence-corrected chi connectivity index (χ1v) is 9.12. The van der Waals surface area contributed by atoms with Gasteiger partial charge in [-0.15, -0.1) is 0 Å². The van der Waals surface area contributed by atoms with E-state index >= 15 is 0 Å². The van der Waals surface area contributed by atoms with Crippen molar-refractivity contribution in [3.63, 3.8) is 0 Å². The zero-order chi connectivity index (χ0) is 19.5. The third-order valence-corrected chi connectivity index (χ3v) is 5.66. The van der Waals surface area contributed by atoms with Crippen molar-refractivity contribution in [3.8, 4) is 11.5 Å². The van der Waals surface area contributed by atoms with Gasteiger partial charge >= 0.3 is 0 Å². The van der Waals surface area contributed by atoms with Gasteiger partial charge in [-0.25, -0.2) is 9.37 Å². The Balaban J connectivity index is 1.71. The normalized spacial score (nSPS) is 16.4. The Morgan fingerprint density at radius 2 is 2.11 bits per heavy atom. The van der Waals surface area contributed by atoms with Crippen LogP contribution >= 0.6 is 0 Å². The molecule has 0 radical (unpaired) electrons. The largest absolute Gasteiger partial charge is 0.618 e. The van der Waals surface area contributed by atoms with E-state index in [4.69, 9.17) is 9.26 Å². The van der Waals surface area contributed by atoms with Crippen LogP contribution in [0, 0.1) is 17.9 Å². The van der Waals surface area contributed by atoms with E-state index in [1.54, 1.807) is 30.8 Å². The minimum absolute atomic E-state index is 0.229. The highest BCUT2D eigenvalue weighted by atomic mass is 19.1. The Bertz CT molecular complexity index is 1210. The molecular formula is C19H18FN5O3. The average molecular weight is 383 g/mol. The number of hydrogen-bond acceptors (Lipinski definition) is 6. The van der Waals surface area contributed by atoms with Crippen LogP contribution in [0.5, 0.6) is 0 Å². The molecule has 8 nitrogen and oxygen atoms in total. The number of imidazole rings is 1. The molecule has 1 aromatic carbocycles. The van der Waals surface area contributed by atoms with Crippen LogP contribution < -0.4 is 4.73 Å². The van der Waals surface area contributed by atoms with Crippen LogP contribution in [-0.2, 0) is 10.3 Å². The third-order valence-electron chi connectivity index (χ3n) is 5.66. The molecule has 0 N–H and O–H groups in total. The lowest BCUT2D eigenvalue weighted by molar-refractivity contribution is -0.583. The molecule has 28 heavy (non-hydrogen) atoms. The summed E-state index contributed by atoms with van der Waals surface area (Å²) in [6.45, 7) is 1.66. The third kappa shape index (κ3) is 2.26. The molecule has 5 rings (SSSR count). The number of nitrogens with zero attached hydrogens (tertiary/aromatic N) is 5. The van der Waals surface area contributed by atoms with Gasteiger partial charge < -0.3 is 14.5 Å². The summed E-state index contributed by atoms with van der Waals surface area (Å²) in [5, 5.41) is 16.8. The van der Waals surface area contributed by atoms with Gasteiger partial charge in [0.1, 0.15) is 34.5 Å². The fourth-order valence-corrected chi connectivity index (χ4v) is 4.14. The molecule has 0 aliphatic heterocycles. The maximum absolute atomic E-state index is 13.6. The summed E-state index contributed by atoms with van der Waals surface area (Å²) in [7, 11) is 1.65. The highest BCUT2D eigenvalue weighted by Crippen LogP contribution is 2.41. The second-order valence-electron chi connectivity index (χ2n) is 7.15. The molecule has 0 atom stereocenters. The number of halogens is 1. The zero-order valence-electron chi connectivity index (χ0n) is 15.5. The van der Waals surface area contributed by atoms with Crippen LogP contribution in [0.4, 0.5) is 4.39 Å². The smallest absolute Gasteiger partial charge is 0.259 e. The van der Waals surface area contributed by atoms with Gasteiger partial charge in [-0.2, -0.15) is 9.71 Å². The lowest BCUT2D eigenvalue weighted by Gasteiger charge is -2.21. The predicted octanol–water partition coefficient (Wildman–Crippen LogP) is 3.03. The maximum atomic E-state index is 13.6. The van der Waals surface area contributed by atoms with Crippen molar-refractivity contribution < 1.29 is 18.4 Å². The molecule has 1 saturated carbocycles. The van der Waals surface area contributed by atoms with Gasteiger partial charge in [0.15, 0.2) is 0 Å². The summed E-state index contributed by atoms with van der Waals surface area (Å²) in [4.78, 5) is 8.96. The zero-order valence-corrected chi connectivity index (χ0v) is 15.5. The van der Waals surface area contributed by atoms with Crippen molar-refractivity contribution in [2.24, 2.45) is 0 Å². The van der Waals surface area contributed by atoms with Gasteiger partial charge in [-0.05, 0) is 37.8 Å². The molecule has 0 unspecified atom stereocenters. The minimum atomic E-state index is -0.557.